The topological polar surface area (TPSA) is 33.5 Å². The lowest BCUT2D eigenvalue weighted by molar-refractivity contribution is -0.896. The van der Waals surface area contributed by atoms with Gasteiger partial charge in [0.25, 0.3) is 5.91 Å². The van der Waals surface area contributed by atoms with E-state index in [1.807, 2.05) is 25.1 Å². The zero-order valence-electron chi connectivity index (χ0n) is 10.8. The predicted octanol–water partition coefficient (Wildman–Crippen LogP) is 1.66. The van der Waals surface area contributed by atoms with Gasteiger partial charge in [0.15, 0.2) is 6.54 Å². The number of likely N-dealkylation sites (tertiary alicyclic amines) is 1. The summed E-state index contributed by atoms with van der Waals surface area (Å²) in [5.74, 6) is 0.0534. The molecule has 0 bridgehead atoms. The minimum absolute atomic E-state index is 0.0534. The van der Waals surface area contributed by atoms with Gasteiger partial charge < -0.3 is 10.2 Å². The van der Waals surface area contributed by atoms with Gasteiger partial charge in [0.1, 0.15) is 0 Å². The summed E-state index contributed by atoms with van der Waals surface area (Å²) in [4.78, 5) is 13.3. The molecule has 4 heteroatoms. The van der Waals surface area contributed by atoms with Gasteiger partial charge in [-0.3, -0.25) is 4.79 Å². The van der Waals surface area contributed by atoms with Crippen molar-refractivity contribution < 1.29 is 9.69 Å². The van der Waals surface area contributed by atoms with E-state index in [2.05, 4.69) is 5.32 Å². The van der Waals surface area contributed by atoms with E-state index in [0.717, 1.165) is 18.7 Å². The third-order valence-corrected chi connectivity index (χ3v) is 3.68. The number of carbonyl (C=O) groups excluding carboxylic acids is 1. The molecule has 1 aromatic rings. The van der Waals surface area contributed by atoms with Crippen molar-refractivity contribution in [1.29, 1.82) is 0 Å². The molecule has 0 spiro atoms. The number of carbonyl (C=O) groups is 1. The van der Waals surface area contributed by atoms with E-state index in [1.165, 1.54) is 24.2 Å². The minimum Gasteiger partial charge on any atom is -0.327 e. The van der Waals surface area contributed by atoms with Crippen LogP contribution in [-0.2, 0) is 4.79 Å². The van der Waals surface area contributed by atoms with Gasteiger partial charge in [-0.15, -0.1) is 0 Å². The maximum Gasteiger partial charge on any atom is 0.279 e. The molecular weight excluding hydrogens is 248 g/mol. The Kier molecular flexibility index (Phi) is 4.61. The molecule has 0 radical (unpaired) electrons. The molecule has 1 aliphatic rings. The predicted molar refractivity (Wildman–Crippen MR) is 74.2 cm³/mol. The Morgan fingerprint density at radius 3 is 2.72 bits per heavy atom. The van der Waals surface area contributed by atoms with Crippen molar-refractivity contribution in [1.82, 2.24) is 0 Å². The van der Waals surface area contributed by atoms with Crippen molar-refractivity contribution >= 4 is 23.2 Å². The van der Waals surface area contributed by atoms with Crippen LogP contribution in [0, 0.1) is 6.92 Å². The number of hydrogen-bond donors (Lipinski definition) is 2. The van der Waals surface area contributed by atoms with E-state index in [4.69, 9.17) is 11.6 Å². The molecule has 1 saturated heterocycles. The van der Waals surface area contributed by atoms with Gasteiger partial charge in [-0.25, -0.2) is 0 Å². The molecule has 0 aromatic heterocycles. The van der Waals surface area contributed by atoms with E-state index in [0.29, 0.717) is 17.3 Å². The fraction of sp³-hybridized carbons (Fsp3) is 0.500. The number of benzene rings is 1. The summed E-state index contributed by atoms with van der Waals surface area (Å²) in [7, 11) is 0. The summed E-state index contributed by atoms with van der Waals surface area (Å²) in [6.07, 6.45) is 3.76. The Morgan fingerprint density at radius 1 is 1.33 bits per heavy atom. The Hall–Kier alpha value is -1.06. The number of nitrogens with one attached hydrogen (secondary N) is 2. The second-order valence-corrected chi connectivity index (χ2v) is 5.43. The van der Waals surface area contributed by atoms with Crippen LogP contribution in [0.4, 0.5) is 5.69 Å². The maximum atomic E-state index is 11.9. The summed E-state index contributed by atoms with van der Waals surface area (Å²) in [5, 5.41) is 3.50. The van der Waals surface area contributed by atoms with Gasteiger partial charge in [-0.1, -0.05) is 17.7 Å². The lowest BCUT2D eigenvalue weighted by Gasteiger charge is -2.22. The first kappa shape index (κ1) is 13.4. The maximum absolute atomic E-state index is 11.9. The van der Waals surface area contributed by atoms with Gasteiger partial charge >= 0.3 is 0 Å². The van der Waals surface area contributed by atoms with E-state index >= 15 is 0 Å². The van der Waals surface area contributed by atoms with Crippen molar-refractivity contribution in [3.8, 4) is 0 Å². The normalized spacial score (nSPS) is 16.6. The Labute approximate surface area is 113 Å². The summed E-state index contributed by atoms with van der Waals surface area (Å²) in [6, 6.07) is 5.68. The third-order valence-electron chi connectivity index (χ3n) is 3.37. The molecule has 1 aromatic carbocycles. The molecule has 1 heterocycles. The number of hydrogen-bond acceptors (Lipinski definition) is 1. The molecule has 2 rings (SSSR count). The zero-order valence-corrected chi connectivity index (χ0v) is 11.5. The quantitative estimate of drug-likeness (QED) is 0.858. The zero-order chi connectivity index (χ0) is 13.0. The first-order valence-corrected chi connectivity index (χ1v) is 6.92. The number of piperidine rings is 1. The first-order valence-electron chi connectivity index (χ1n) is 6.55. The molecule has 1 aliphatic heterocycles. The second kappa shape index (κ2) is 6.21. The van der Waals surface area contributed by atoms with Crippen LogP contribution in [-0.4, -0.2) is 25.5 Å². The SMILES string of the molecule is Cc1ccc(NC(=O)C[NH+]2CCCCC2)c(Cl)c1. The van der Waals surface area contributed by atoms with Gasteiger partial charge in [-0.05, 0) is 43.9 Å². The molecule has 98 valence electrons. The van der Waals surface area contributed by atoms with Crippen molar-refractivity contribution in [2.24, 2.45) is 0 Å². The molecule has 0 saturated carbocycles. The summed E-state index contributed by atoms with van der Waals surface area (Å²) < 4.78 is 0. The fourth-order valence-corrected chi connectivity index (χ4v) is 2.65. The first-order chi connectivity index (χ1) is 8.65. The average molecular weight is 268 g/mol. The highest BCUT2D eigenvalue weighted by atomic mass is 35.5. The van der Waals surface area contributed by atoms with Crippen LogP contribution < -0.4 is 10.2 Å². The van der Waals surface area contributed by atoms with Crippen molar-refractivity contribution in [3.63, 3.8) is 0 Å². The molecular formula is C14H20ClN2O+. The molecule has 3 nitrogen and oxygen atoms in total. The van der Waals surface area contributed by atoms with Crippen molar-refractivity contribution in [3.05, 3.63) is 28.8 Å². The van der Waals surface area contributed by atoms with Gasteiger partial charge in [-0.2, -0.15) is 0 Å². The standard InChI is InChI=1S/C14H19ClN2O/c1-11-5-6-13(12(15)9-11)16-14(18)10-17-7-3-2-4-8-17/h5-6,9H,2-4,7-8,10H2,1H3,(H,16,18)/p+1. The van der Waals surface area contributed by atoms with E-state index in [-0.39, 0.29) is 5.91 Å². The van der Waals surface area contributed by atoms with E-state index < -0.39 is 0 Å². The smallest absolute Gasteiger partial charge is 0.279 e. The number of quaternary nitrogens is 1. The Bertz CT molecular complexity index is 428. The lowest BCUT2D eigenvalue weighted by atomic mass is 10.1. The summed E-state index contributed by atoms with van der Waals surface area (Å²) in [6.45, 7) is 4.74. The van der Waals surface area contributed by atoms with Crippen LogP contribution in [0.5, 0.6) is 0 Å². The van der Waals surface area contributed by atoms with Crippen molar-refractivity contribution in [2.45, 2.75) is 26.2 Å². The largest absolute Gasteiger partial charge is 0.327 e. The van der Waals surface area contributed by atoms with Crippen LogP contribution in [0.3, 0.4) is 0 Å². The van der Waals surface area contributed by atoms with Gasteiger partial charge in [0, 0.05) is 0 Å². The molecule has 0 unspecified atom stereocenters. The molecule has 18 heavy (non-hydrogen) atoms. The highest BCUT2D eigenvalue weighted by molar-refractivity contribution is 6.33. The molecule has 1 fully saturated rings. The van der Waals surface area contributed by atoms with Crippen LogP contribution in [0.1, 0.15) is 24.8 Å². The van der Waals surface area contributed by atoms with Crippen LogP contribution >= 0.6 is 11.6 Å². The van der Waals surface area contributed by atoms with E-state index in [1.54, 1.807) is 0 Å². The number of halogens is 1. The van der Waals surface area contributed by atoms with Gasteiger partial charge in [0.2, 0.25) is 0 Å². The number of anilines is 1. The molecule has 0 aliphatic carbocycles. The van der Waals surface area contributed by atoms with Crippen LogP contribution in [0.15, 0.2) is 18.2 Å². The summed E-state index contributed by atoms with van der Waals surface area (Å²) in [5.41, 5.74) is 1.81. The third kappa shape index (κ3) is 3.72. The fourth-order valence-electron chi connectivity index (χ4n) is 2.37. The highest BCUT2D eigenvalue weighted by Gasteiger charge is 2.17. The van der Waals surface area contributed by atoms with Crippen molar-refractivity contribution in [2.75, 3.05) is 25.0 Å². The number of amides is 1. The van der Waals surface area contributed by atoms with Crippen LogP contribution in [0.25, 0.3) is 0 Å². The summed E-state index contributed by atoms with van der Waals surface area (Å²) >= 11 is 6.09. The molecule has 2 N–H and O–H groups in total. The second-order valence-electron chi connectivity index (χ2n) is 5.02. The number of aryl methyl sites for hydroxylation is 1. The Balaban J connectivity index is 1.90. The lowest BCUT2D eigenvalue weighted by Crippen LogP contribution is -3.13. The van der Waals surface area contributed by atoms with Gasteiger partial charge in [0.05, 0.1) is 23.8 Å². The average Bonchev–Trinajstić information content (AvgIpc) is 2.34. The minimum atomic E-state index is 0.0534. The Morgan fingerprint density at radius 2 is 2.06 bits per heavy atom. The molecule has 0 atom stereocenters. The monoisotopic (exact) mass is 267 g/mol. The molecule has 1 amide bonds. The highest BCUT2D eigenvalue weighted by Crippen LogP contribution is 2.22. The number of rotatable bonds is 3. The van der Waals surface area contributed by atoms with Crippen LogP contribution in [0.2, 0.25) is 5.02 Å². The van der Waals surface area contributed by atoms with E-state index in [9.17, 15) is 4.79 Å².